The average Bonchev–Trinajstić information content (AvgIpc) is 2.46. The first-order chi connectivity index (χ1) is 5.81. The summed E-state index contributed by atoms with van der Waals surface area (Å²) in [6, 6.07) is 3.97. The van der Waals surface area contributed by atoms with Crippen LogP contribution in [-0.4, -0.2) is 18.6 Å². The molecule has 0 amide bonds. The second-order valence-corrected chi connectivity index (χ2v) is 3.07. The lowest BCUT2D eigenvalue weighted by atomic mass is 10.1. The van der Waals surface area contributed by atoms with E-state index in [1.807, 2.05) is 13.1 Å². The number of nitrogens with one attached hydrogen (secondary N) is 1. The molecule has 1 aliphatic rings. The van der Waals surface area contributed by atoms with Crippen molar-refractivity contribution in [2.75, 3.05) is 13.7 Å². The second-order valence-electron chi connectivity index (χ2n) is 2.68. The normalized spacial score (nSPS) is 18.8. The Morgan fingerprint density at radius 3 is 3.08 bits per heavy atom. The number of hydrogen-bond acceptors (Lipinski definition) is 3. The topological polar surface area (TPSA) is 34.1 Å². The van der Waals surface area contributed by atoms with Gasteiger partial charge >= 0.3 is 0 Å². The molecular formula is C8H10Cl2N2O. The minimum Gasteiger partial charge on any atom is -0.475 e. The number of ether oxygens (including phenoxy) is 1. The summed E-state index contributed by atoms with van der Waals surface area (Å²) in [7, 11) is 1.90. The van der Waals surface area contributed by atoms with Crippen molar-refractivity contribution in [2.45, 2.75) is 6.04 Å². The van der Waals surface area contributed by atoms with E-state index < -0.39 is 0 Å². The first-order valence-electron chi connectivity index (χ1n) is 3.78. The Morgan fingerprint density at radius 2 is 2.38 bits per heavy atom. The fraction of sp³-hybridized carbons (Fsp3) is 0.375. The van der Waals surface area contributed by atoms with Gasteiger partial charge in [-0.3, -0.25) is 0 Å². The molecule has 0 aromatic carbocycles. The molecule has 5 heteroatoms. The number of pyridine rings is 1. The first-order valence-corrected chi connectivity index (χ1v) is 4.15. The second kappa shape index (κ2) is 4.13. The van der Waals surface area contributed by atoms with Crippen LogP contribution in [0.2, 0.25) is 5.15 Å². The van der Waals surface area contributed by atoms with Crippen molar-refractivity contribution < 1.29 is 4.74 Å². The van der Waals surface area contributed by atoms with Crippen LogP contribution in [0.5, 0.6) is 5.88 Å². The van der Waals surface area contributed by atoms with E-state index in [9.17, 15) is 0 Å². The Kier molecular flexibility index (Phi) is 3.36. The van der Waals surface area contributed by atoms with E-state index in [1.165, 1.54) is 0 Å². The van der Waals surface area contributed by atoms with Gasteiger partial charge < -0.3 is 10.1 Å². The summed E-state index contributed by atoms with van der Waals surface area (Å²) < 4.78 is 5.32. The Labute approximate surface area is 87.9 Å². The zero-order valence-corrected chi connectivity index (χ0v) is 8.65. The van der Waals surface area contributed by atoms with Crippen LogP contribution in [0.4, 0.5) is 0 Å². The molecule has 2 rings (SSSR count). The van der Waals surface area contributed by atoms with Crippen LogP contribution in [0, 0.1) is 0 Å². The largest absolute Gasteiger partial charge is 0.475 e. The highest BCUT2D eigenvalue weighted by atomic mass is 35.5. The lowest BCUT2D eigenvalue weighted by molar-refractivity contribution is 0.309. The summed E-state index contributed by atoms with van der Waals surface area (Å²) in [4.78, 5) is 4.06. The number of aromatic nitrogens is 1. The highest BCUT2D eigenvalue weighted by Gasteiger charge is 2.23. The van der Waals surface area contributed by atoms with E-state index in [0.29, 0.717) is 17.6 Å². The number of rotatable bonds is 1. The van der Waals surface area contributed by atoms with Crippen LogP contribution in [0.3, 0.4) is 0 Å². The Morgan fingerprint density at radius 1 is 1.62 bits per heavy atom. The number of fused-ring (bicyclic) bond motifs is 1. The van der Waals surface area contributed by atoms with Gasteiger partial charge in [0.2, 0.25) is 5.88 Å². The summed E-state index contributed by atoms with van der Waals surface area (Å²) >= 11 is 5.70. The Bertz CT molecular complexity index is 306. The summed E-state index contributed by atoms with van der Waals surface area (Å²) in [6.07, 6.45) is 0. The van der Waals surface area contributed by atoms with Gasteiger partial charge in [-0.2, -0.15) is 0 Å². The van der Waals surface area contributed by atoms with Gasteiger partial charge in [-0.05, 0) is 19.2 Å². The predicted molar refractivity (Wildman–Crippen MR) is 53.8 cm³/mol. The van der Waals surface area contributed by atoms with Crippen molar-refractivity contribution in [3.8, 4) is 5.88 Å². The van der Waals surface area contributed by atoms with Crippen molar-refractivity contribution in [1.82, 2.24) is 10.3 Å². The Balaban J connectivity index is 0.000000845. The lowest BCUT2D eigenvalue weighted by Gasteiger charge is -2.04. The molecule has 3 nitrogen and oxygen atoms in total. The molecule has 0 saturated carbocycles. The van der Waals surface area contributed by atoms with Crippen molar-refractivity contribution in [3.05, 3.63) is 22.8 Å². The molecule has 1 N–H and O–H groups in total. The SMILES string of the molecule is CNC1COc2nc(Cl)ccc21.Cl. The third-order valence-electron chi connectivity index (χ3n) is 1.97. The summed E-state index contributed by atoms with van der Waals surface area (Å²) in [5.74, 6) is 0.654. The molecule has 1 atom stereocenters. The minimum atomic E-state index is 0. The van der Waals surface area contributed by atoms with Crippen molar-refractivity contribution in [3.63, 3.8) is 0 Å². The van der Waals surface area contributed by atoms with Crippen LogP contribution in [0.25, 0.3) is 0 Å². The van der Waals surface area contributed by atoms with Gasteiger partial charge in [0.15, 0.2) is 0 Å². The molecule has 1 aromatic heterocycles. The van der Waals surface area contributed by atoms with Gasteiger partial charge in [-0.15, -0.1) is 12.4 Å². The number of hydrogen-bond donors (Lipinski definition) is 1. The molecule has 0 bridgehead atoms. The molecule has 13 heavy (non-hydrogen) atoms. The Hall–Kier alpha value is -0.510. The van der Waals surface area contributed by atoms with E-state index in [-0.39, 0.29) is 18.4 Å². The lowest BCUT2D eigenvalue weighted by Crippen LogP contribution is -2.16. The zero-order chi connectivity index (χ0) is 8.55. The molecule has 1 aliphatic heterocycles. The van der Waals surface area contributed by atoms with Crippen molar-refractivity contribution in [1.29, 1.82) is 0 Å². The maximum absolute atomic E-state index is 5.70. The highest BCUT2D eigenvalue weighted by Crippen LogP contribution is 2.30. The summed E-state index contributed by atoms with van der Waals surface area (Å²) in [5.41, 5.74) is 1.09. The van der Waals surface area contributed by atoms with Crippen LogP contribution in [-0.2, 0) is 0 Å². The standard InChI is InChI=1S/C8H9ClN2O.ClH/c1-10-6-4-12-8-5(6)2-3-7(9)11-8;/h2-3,6,10H,4H2,1H3;1H. The minimum absolute atomic E-state index is 0. The van der Waals surface area contributed by atoms with E-state index in [2.05, 4.69) is 10.3 Å². The maximum Gasteiger partial charge on any atom is 0.219 e. The van der Waals surface area contributed by atoms with E-state index in [0.717, 1.165) is 5.56 Å². The maximum atomic E-state index is 5.70. The highest BCUT2D eigenvalue weighted by molar-refractivity contribution is 6.29. The van der Waals surface area contributed by atoms with Gasteiger partial charge in [0.05, 0.1) is 6.04 Å². The molecule has 0 fully saturated rings. The summed E-state index contributed by atoms with van der Waals surface area (Å²) in [5, 5.41) is 3.61. The third-order valence-corrected chi connectivity index (χ3v) is 2.18. The molecule has 1 unspecified atom stereocenters. The molecule has 0 saturated heterocycles. The fourth-order valence-corrected chi connectivity index (χ4v) is 1.44. The van der Waals surface area contributed by atoms with Crippen LogP contribution in [0.1, 0.15) is 11.6 Å². The molecule has 0 radical (unpaired) electrons. The summed E-state index contributed by atoms with van der Waals surface area (Å²) in [6.45, 7) is 0.638. The quantitative estimate of drug-likeness (QED) is 0.734. The number of nitrogens with zero attached hydrogens (tertiary/aromatic N) is 1. The van der Waals surface area contributed by atoms with E-state index >= 15 is 0 Å². The molecule has 1 aromatic rings. The first kappa shape index (κ1) is 10.6. The smallest absolute Gasteiger partial charge is 0.219 e. The third kappa shape index (κ3) is 1.88. The fourth-order valence-electron chi connectivity index (χ4n) is 1.30. The van der Waals surface area contributed by atoms with Gasteiger partial charge in [-0.1, -0.05) is 11.6 Å². The van der Waals surface area contributed by atoms with Gasteiger partial charge in [-0.25, -0.2) is 4.98 Å². The monoisotopic (exact) mass is 220 g/mol. The number of halogens is 2. The molecule has 0 aliphatic carbocycles. The van der Waals surface area contributed by atoms with Gasteiger partial charge in [0.25, 0.3) is 0 Å². The van der Waals surface area contributed by atoms with E-state index in [4.69, 9.17) is 16.3 Å². The van der Waals surface area contributed by atoms with Crippen molar-refractivity contribution >= 4 is 24.0 Å². The van der Waals surface area contributed by atoms with Crippen LogP contribution < -0.4 is 10.1 Å². The predicted octanol–water partition coefficient (Wildman–Crippen LogP) is 1.81. The van der Waals surface area contributed by atoms with Crippen LogP contribution >= 0.6 is 24.0 Å². The molecular weight excluding hydrogens is 211 g/mol. The molecule has 2 heterocycles. The number of likely N-dealkylation sites (N-methyl/N-ethyl adjacent to an activating group) is 1. The van der Waals surface area contributed by atoms with Gasteiger partial charge in [0.1, 0.15) is 11.8 Å². The average molecular weight is 221 g/mol. The molecule has 72 valence electrons. The zero-order valence-electron chi connectivity index (χ0n) is 7.08. The van der Waals surface area contributed by atoms with Crippen molar-refractivity contribution in [2.24, 2.45) is 0 Å². The molecule has 0 spiro atoms. The van der Waals surface area contributed by atoms with E-state index in [1.54, 1.807) is 6.07 Å². The van der Waals surface area contributed by atoms with Gasteiger partial charge in [0, 0.05) is 5.56 Å². The van der Waals surface area contributed by atoms with Crippen LogP contribution in [0.15, 0.2) is 12.1 Å².